The lowest BCUT2D eigenvalue weighted by Gasteiger charge is -2.34. The van der Waals surface area contributed by atoms with E-state index in [0.29, 0.717) is 19.6 Å². The van der Waals surface area contributed by atoms with Gasteiger partial charge in [-0.25, -0.2) is 0 Å². The molecule has 0 radical (unpaired) electrons. The van der Waals surface area contributed by atoms with Crippen LogP contribution in [0.4, 0.5) is 0 Å². The summed E-state index contributed by atoms with van der Waals surface area (Å²) in [4.78, 5) is 15.2. The van der Waals surface area contributed by atoms with Crippen LogP contribution in [0.3, 0.4) is 0 Å². The van der Waals surface area contributed by atoms with Crippen molar-refractivity contribution in [3.8, 4) is 0 Å². The molecule has 0 amide bonds. The van der Waals surface area contributed by atoms with Gasteiger partial charge in [-0.3, -0.25) is 9.69 Å². The van der Waals surface area contributed by atoms with E-state index in [1.807, 2.05) is 60.7 Å². The Morgan fingerprint density at radius 3 is 2.18 bits per heavy atom. The van der Waals surface area contributed by atoms with Gasteiger partial charge < -0.3 is 4.74 Å². The summed E-state index contributed by atoms with van der Waals surface area (Å²) in [5, 5.41) is 0. The number of nitrogens with zero attached hydrogens (tertiary/aromatic N) is 1. The second-order valence-electron chi connectivity index (χ2n) is 5.59. The smallest absolute Gasteiger partial charge is 0.158 e. The molecule has 0 aliphatic carbocycles. The highest BCUT2D eigenvalue weighted by atomic mass is 16.5. The summed E-state index contributed by atoms with van der Waals surface area (Å²) in [5.41, 5.74) is 2.15. The number of carbonyl (C=O) groups is 1. The number of ketones is 1. The summed E-state index contributed by atoms with van der Waals surface area (Å²) >= 11 is 0. The van der Waals surface area contributed by atoms with Crippen LogP contribution in [0.15, 0.2) is 60.7 Å². The molecule has 3 nitrogen and oxygen atoms in total. The lowest BCUT2D eigenvalue weighted by molar-refractivity contribution is -0.125. The van der Waals surface area contributed by atoms with E-state index in [-0.39, 0.29) is 11.8 Å². The van der Waals surface area contributed by atoms with Crippen molar-refractivity contribution in [2.45, 2.75) is 12.5 Å². The summed E-state index contributed by atoms with van der Waals surface area (Å²) in [7, 11) is 0. The Morgan fingerprint density at radius 2 is 1.55 bits per heavy atom. The molecule has 2 aromatic carbocycles. The van der Waals surface area contributed by atoms with Crippen molar-refractivity contribution >= 4 is 5.78 Å². The zero-order valence-corrected chi connectivity index (χ0v) is 12.7. The first-order valence-electron chi connectivity index (χ1n) is 7.78. The third kappa shape index (κ3) is 3.62. The van der Waals surface area contributed by atoms with E-state index >= 15 is 0 Å². The van der Waals surface area contributed by atoms with E-state index in [1.54, 1.807) is 0 Å². The Morgan fingerprint density at radius 1 is 0.955 bits per heavy atom. The third-order valence-electron chi connectivity index (χ3n) is 4.05. The minimum Gasteiger partial charge on any atom is -0.379 e. The molecule has 22 heavy (non-hydrogen) atoms. The van der Waals surface area contributed by atoms with Gasteiger partial charge in [0.1, 0.15) is 0 Å². The van der Waals surface area contributed by atoms with Gasteiger partial charge in [0.15, 0.2) is 5.78 Å². The molecular formula is C19H21NO2. The molecule has 1 saturated heterocycles. The largest absolute Gasteiger partial charge is 0.379 e. The van der Waals surface area contributed by atoms with E-state index < -0.39 is 0 Å². The van der Waals surface area contributed by atoms with Gasteiger partial charge in [0.25, 0.3) is 0 Å². The number of morpholine rings is 1. The van der Waals surface area contributed by atoms with Crippen LogP contribution in [0.2, 0.25) is 0 Å². The molecule has 0 bridgehead atoms. The summed E-state index contributed by atoms with van der Waals surface area (Å²) in [6.07, 6.45) is 0.470. The van der Waals surface area contributed by atoms with Gasteiger partial charge in [0.2, 0.25) is 0 Å². The normalized spacial score (nSPS) is 17.1. The van der Waals surface area contributed by atoms with Gasteiger partial charge in [-0.1, -0.05) is 60.7 Å². The monoisotopic (exact) mass is 295 g/mol. The van der Waals surface area contributed by atoms with Gasteiger partial charge in [-0.15, -0.1) is 0 Å². The van der Waals surface area contributed by atoms with Gasteiger partial charge in [0, 0.05) is 19.5 Å². The molecule has 2 aromatic rings. The van der Waals surface area contributed by atoms with Crippen LogP contribution >= 0.6 is 0 Å². The average Bonchev–Trinajstić information content (AvgIpc) is 2.58. The highest BCUT2D eigenvalue weighted by Gasteiger charge is 2.28. The maximum atomic E-state index is 12.9. The first-order valence-corrected chi connectivity index (χ1v) is 7.78. The van der Waals surface area contributed by atoms with Crippen LogP contribution in [0.1, 0.15) is 17.2 Å². The molecular weight excluding hydrogens is 274 g/mol. The molecule has 0 spiro atoms. The van der Waals surface area contributed by atoms with Crippen molar-refractivity contribution < 1.29 is 9.53 Å². The van der Waals surface area contributed by atoms with Crippen LogP contribution in [0.25, 0.3) is 0 Å². The second-order valence-corrected chi connectivity index (χ2v) is 5.59. The fraction of sp³-hybridized carbons (Fsp3) is 0.316. The van der Waals surface area contributed by atoms with Crippen LogP contribution in [0, 0.1) is 0 Å². The standard InChI is InChI=1S/C19H21NO2/c21-18(15-16-7-3-1-4-8-16)19(17-9-5-2-6-10-17)20-11-13-22-14-12-20/h1-10,19H,11-15H2/t19-/m1/s1. The number of ether oxygens (including phenoxy) is 1. The Bertz CT molecular complexity index is 591. The molecule has 0 unspecified atom stereocenters. The highest BCUT2D eigenvalue weighted by Crippen LogP contribution is 2.24. The van der Waals surface area contributed by atoms with Gasteiger partial charge in [0.05, 0.1) is 19.3 Å². The molecule has 3 heteroatoms. The Labute approximate surface area is 131 Å². The molecule has 1 aliphatic heterocycles. The third-order valence-corrected chi connectivity index (χ3v) is 4.05. The van der Waals surface area contributed by atoms with Crippen molar-refractivity contribution in [2.24, 2.45) is 0 Å². The number of rotatable bonds is 5. The average molecular weight is 295 g/mol. The quantitative estimate of drug-likeness (QED) is 0.849. The molecule has 0 N–H and O–H groups in total. The van der Waals surface area contributed by atoms with Crippen LogP contribution in [-0.2, 0) is 16.0 Å². The minimum absolute atomic E-state index is 0.176. The molecule has 1 aliphatic rings. The number of hydrogen-bond acceptors (Lipinski definition) is 3. The molecule has 1 heterocycles. The first-order chi connectivity index (χ1) is 10.8. The van der Waals surface area contributed by atoms with E-state index in [0.717, 1.165) is 24.2 Å². The zero-order chi connectivity index (χ0) is 15.2. The van der Waals surface area contributed by atoms with Gasteiger partial charge in [-0.2, -0.15) is 0 Å². The molecule has 0 aromatic heterocycles. The number of benzene rings is 2. The van der Waals surface area contributed by atoms with Crippen molar-refractivity contribution in [3.63, 3.8) is 0 Å². The first kappa shape index (κ1) is 14.9. The van der Waals surface area contributed by atoms with Crippen molar-refractivity contribution in [1.29, 1.82) is 0 Å². The van der Waals surface area contributed by atoms with Crippen LogP contribution in [0.5, 0.6) is 0 Å². The van der Waals surface area contributed by atoms with Crippen molar-refractivity contribution in [1.82, 2.24) is 4.90 Å². The van der Waals surface area contributed by atoms with E-state index in [1.165, 1.54) is 0 Å². The predicted molar refractivity (Wildman–Crippen MR) is 86.7 cm³/mol. The van der Waals surface area contributed by atoms with E-state index in [4.69, 9.17) is 4.74 Å². The lowest BCUT2D eigenvalue weighted by atomic mass is 9.96. The van der Waals surface area contributed by atoms with E-state index in [9.17, 15) is 4.79 Å². The SMILES string of the molecule is O=C(Cc1ccccc1)[C@@H](c1ccccc1)N1CCOCC1. The molecule has 3 rings (SSSR count). The Hall–Kier alpha value is -1.97. The van der Waals surface area contributed by atoms with Crippen molar-refractivity contribution in [2.75, 3.05) is 26.3 Å². The maximum absolute atomic E-state index is 12.9. The Kier molecular flexibility index (Phi) is 4.99. The van der Waals surface area contributed by atoms with E-state index in [2.05, 4.69) is 4.90 Å². The number of Topliss-reactive ketones (excluding diaryl/α,β-unsaturated/α-hetero) is 1. The summed E-state index contributed by atoms with van der Waals surface area (Å²) < 4.78 is 5.43. The van der Waals surface area contributed by atoms with Crippen LogP contribution in [-0.4, -0.2) is 37.0 Å². The lowest BCUT2D eigenvalue weighted by Crippen LogP contribution is -2.42. The summed E-state index contributed by atoms with van der Waals surface area (Å²) in [6.45, 7) is 3.00. The van der Waals surface area contributed by atoms with Crippen molar-refractivity contribution in [3.05, 3.63) is 71.8 Å². The molecule has 1 fully saturated rings. The van der Waals surface area contributed by atoms with Gasteiger partial charge >= 0.3 is 0 Å². The zero-order valence-electron chi connectivity index (χ0n) is 12.7. The molecule has 0 saturated carbocycles. The second kappa shape index (κ2) is 7.34. The summed E-state index contributed by atoms with van der Waals surface area (Å²) in [5.74, 6) is 0.249. The van der Waals surface area contributed by atoms with Crippen LogP contribution < -0.4 is 0 Å². The fourth-order valence-corrected chi connectivity index (χ4v) is 2.97. The maximum Gasteiger partial charge on any atom is 0.158 e. The highest BCUT2D eigenvalue weighted by molar-refractivity contribution is 5.87. The minimum atomic E-state index is -0.176. The predicted octanol–water partition coefficient (Wildman–Crippen LogP) is 2.87. The fourth-order valence-electron chi connectivity index (χ4n) is 2.97. The number of hydrogen-bond donors (Lipinski definition) is 0. The Balaban J connectivity index is 1.82. The summed E-state index contributed by atoms with van der Waals surface area (Å²) in [6, 6.07) is 19.9. The van der Waals surface area contributed by atoms with Gasteiger partial charge in [-0.05, 0) is 11.1 Å². The molecule has 1 atom stereocenters. The molecule has 114 valence electrons. The number of carbonyl (C=O) groups excluding carboxylic acids is 1. The topological polar surface area (TPSA) is 29.5 Å².